The van der Waals surface area contributed by atoms with Crippen LogP contribution in [0.1, 0.15) is 9.67 Å². The first-order valence-electron chi connectivity index (χ1n) is 6.64. The van der Waals surface area contributed by atoms with Gasteiger partial charge in [0.05, 0.1) is 5.69 Å². The van der Waals surface area contributed by atoms with E-state index in [1.807, 2.05) is 28.5 Å². The number of pyridine rings is 1. The van der Waals surface area contributed by atoms with Gasteiger partial charge < -0.3 is 15.5 Å². The average molecular weight is 367 g/mol. The van der Waals surface area contributed by atoms with E-state index < -0.39 is 0 Å². The van der Waals surface area contributed by atoms with Crippen LogP contribution in [0.15, 0.2) is 34.2 Å². The Labute approximate surface area is 135 Å². The van der Waals surface area contributed by atoms with Crippen molar-refractivity contribution < 1.29 is 4.79 Å². The Bertz CT molecular complexity index is 652. The van der Waals surface area contributed by atoms with Crippen molar-refractivity contribution in [1.29, 1.82) is 0 Å². The maximum atomic E-state index is 12.4. The zero-order valence-electron chi connectivity index (χ0n) is 11.3. The van der Waals surface area contributed by atoms with Gasteiger partial charge in [0.2, 0.25) is 0 Å². The number of anilines is 2. The molecule has 5 nitrogen and oxygen atoms in total. The van der Waals surface area contributed by atoms with Crippen LogP contribution in [0.4, 0.5) is 11.5 Å². The molecule has 1 saturated heterocycles. The molecule has 0 saturated carbocycles. The summed E-state index contributed by atoms with van der Waals surface area (Å²) in [5.74, 6) is 0.896. The summed E-state index contributed by atoms with van der Waals surface area (Å²) >= 11 is 4.88. The van der Waals surface area contributed by atoms with Gasteiger partial charge in [-0.15, -0.1) is 11.3 Å². The monoisotopic (exact) mass is 366 g/mol. The Hall–Kier alpha value is -1.60. The summed E-state index contributed by atoms with van der Waals surface area (Å²) < 4.78 is 0.869. The second-order valence-electron chi connectivity index (χ2n) is 4.79. The van der Waals surface area contributed by atoms with E-state index in [1.54, 1.807) is 6.20 Å². The van der Waals surface area contributed by atoms with Gasteiger partial charge in [-0.25, -0.2) is 4.98 Å². The number of aromatic nitrogens is 1. The molecule has 110 valence electrons. The number of thiophene rings is 1. The number of rotatable bonds is 2. The van der Waals surface area contributed by atoms with Gasteiger partial charge in [-0.1, -0.05) is 0 Å². The van der Waals surface area contributed by atoms with Crippen molar-refractivity contribution in [3.63, 3.8) is 0 Å². The van der Waals surface area contributed by atoms with Crippen molar-refractivity contribution in [3.8, 4) is 0 Å². The molecule has 0 atom stereocenters. The molecule has 3 rings (SSSR count). The van der Waals surface area contributed by atoms with Crippen molar-refractivity contribution in [2.45, 2.75) is 0 Å². The van der Waals surface area contributed by atoms with E-state index in [2.05, 4.69) is 25.8 Å². The highest BCUT2D eigenvalue weighted by Crippen LogP contribution is 2.26. The Kier molecular flexibility index (Phi) is 4.12. The molecule has 7 heteroatoms. The molecular formula is C14H15BrN4OS. The van der Waals surface area contributed by atoms with Gasteiger partial charge in [0, 0.05) is 36.8 Å². The Morgan fingerprint density at radius 3 is 2.67 bits per heavy atom. The highest BCUT2D eigenvalue weighted by molar-refractivity contribution is 9.10. The first-order chi connectivity index (χ1) is 10.2. The predicted molar refractivity (Wildman–Crippen MR) is 88.8 cm³/mol. The van der Waals surface area contributed by atoms with E-state index in [-0.39, 0.29) is 5.91 Å². The second-order valence-corrected chi connectivity index (χ2v) is 6.56. The molecule has 1 fully saturated rings. The minimum atomic E-state index is 0.0884. The smallest absolute Gasteiger partial charge is 0.265 e. The molecule has 1 aliphatic heterocycles. The van der Waals surface area contributed by atoms with Gasteiger partial charge in [0.25, 0.3) is 5.91 Å². The normalized spacial score (nSPS) is 15.3. The highest BCUT2D eigenvalue weighted by atomic mass is 79.9. The molecule has 1 aliphatic rings. The number of nitrogen functional groups attached to an aromatic ring is 1. The Morgan fingerprint density at radius 2 is 2.05 bits per heavy atom. The summed E-state index contributed by atoms with van der Waals surface area (Å²) in [7, 11) is 0. The Morgan fingerprint density at radius 1 is 1.29 bits per heavy atom. The van der Waals surface area contributed by atoms with Crippen molar-refractivity contribution in [1.82, 2.24) is 9.88 Å². The lowest BCUT2D eigenvalue weighted by Crippen LogP contribution is -2.49. The third-order valence-corrected chi connectivity index (χ3v) is 5.32. The van der Waals surface area contributed by atoms with Crippen LogP contribution in [0, 0.1) is 0 Å². The summed E-state index contributed by atoms with van der Waals surface area (Å²) in [6.45, 7) is 2.85. The van der Waals surface area contributed by atoms with Gasteiger partial charge >= 0.3 is 0 Å². The molecular weight excluding hydrogens is 352 g/mol. The van der Waals surface area contributed by atoms with Crippen molar-refractivity contribution in [2.75, 3.05) is 36.8 Å². The van der Waals surface area contributed by atoms with Crippen molar-refractivity contribution in [2.24, 2.45) is 0 Å². The Balaban J connectivity index is 1.67. The standard InChI is InChI=1S/C14H15BrN4OS/c15-10-3-9-21-12(10)14(20)19-7-5-18(6-8-19)13-11(16)2-1-4-17-13/h1-4,9H,5-8,16H2. The number of hydrogen-bond donors (Lipinski definition) is 1. The molecule has 0 spiro atoms. The maximum Gasteiger partial charge on any atom is 0.265 e. The fourth-order valence-corrected chi connectivity index (χ4v) is 3.89. The summed E-state index contributed by atoms with van der Waals surface area (Å²) in [5.41, 5.74) is 6.63. The maximum absolute atomic E-state index is 12.4. The lowest BCUT2D eigenvalue weighted by atomic mass is 10.2. The molecule has 0 unspecified atom stereocenters. The number of hydrogen-bond acceptors (Lipinski definition) is 5. The number of carbonyl (C=O) groups excluding carboxylic acids is 1. The average Bonchev–Trinajstić information content (AvgIpc) is 2.93. The SMILES string of the molecule is Nc1cccnc1N1CCN(C(=O)c2sccc2Br)CC1. The van der Waals surface area contributed by atoms with Crippen LogP contribution in [0.3, 0.4) is 0 Å². The lowest BCUT2D eigenvalue weighted by molar-refractivity contribution is 0.0750. The van der Waals surface area contributed by atoms with Crippen molar-refractivity contribution in [3.05, 3.63) is 39.1 Å². The van der Waals surface area contributed by atoms with Crippen LogP contribution < -0.4 is 10.6 Å². The summed E-state index contributed by atoms with van der Waals surface area (Å²) in [6, 6.07) is 5.58. The van der Waals surface area contributed by atoms with Gasteiger partial charge in [-0.05, 0) is 39.5 Å². The number of amides is 1. The van der Waals surface area contributed by atoms with Crippen LogP contribution >= 0.6 is 27.3 Å². The van der Waals surface area contributed by atoms with Gasteiger partial charge in [-0.2, -0.15) is 0 Å². The number of piperazine rings is 1. The molecule has 2 N–H and O–H groups in total. The third-order valence-electron chi connectivity index (χ3n) is 3.49. The van der Waals surface area contributed by atoms with Crippen LogP contribution in [0.25, 0.3) is 0 Å². The number of halogens is 1. The molecule has 2 aromatic heterocycles. The van der Waals surface area contributed by atoms with Crippen LogP contribution in [0.5, 0.6) is 0 Å². The van der Waals surface area contributed by atoms with E-state index >= 15 is 0 Å². The molecule has 0 aromatic carbocycles. The molecule has 1 amide bonds. The second kappa shape index (κ2) is 6.03. The van der Waals surface area contributed by atoms with Crippen molar-refractivity contribution >= 4 is 44.7 Å². The lowest BCUT2D eigenvalue weighted by Gasteiger charge is -2.35. The topological polar surface area (TPSA) is 62.5 Å². The highest BCUT2D eigenvalue weighted by Gasteiger charge is 2.25. The zero-order chi connectivity index (χ0) is 14.8. The first-order valence-corrected chi connectivity index (χ1v) is 8.32. The molecule has 21 heavy (non-hydrogen) atoms. The summed E-state index contributed by atoms with van der Waals surface area (Å²) in [5, 5.41) is 1.92. The molecule has 2 aromatic rings. The fraction of sp³-hybridized carbons (Fsp3) is 0.286. The number of nitrogens with two attached hydrogens (primary N) is 1. The number of carbonyl (C=O) groups is 1. The van der Waals surface area contributed by atoms with Gasteiger partial charge in [0.15, 0.2) is 5.82 Å². The van der Waals surface area contributed by atoms with E-state index in [1.165, 1.54) is 11.3 Å². The third kappa shape index (κ3) is 2.89. The van der Waals surface area contributed by atoms with Gasteiger partial charge in [0.1, 0.15) is 4.88 Å². The van der Waals surface area contributed by atoms with Crippen LogP contribution in [0.2, 0.25) is 0 Å². The van der Waals surface area contributed by atoms with Crippen LogP contribution in [-0.4, -0.2) is 42.0 Å². The minimum Gasteiger partial charge on any atom is -0.396 e. The minimum absolute atomic E-state index is 0.0884. The molecule has 0 radical (unpaired) electrons. The van der Waals surface area contributed by atoms with E-state index in [0.29, 0.717) is 18.8 Å². The van der Waals surface area contributed by atoms with Crippen LogP contribution in [-0.2, 0) is 0 Å². The van der Waals surface area contributed by atoms with E-state index in [0.717, 1.165) is 28.3 Å². The zero-order valence-corrected chi connectivity index (χ0v) is 13.7. The summed E-state index contributed by atoms with van der Waals surface area (Å²) in [4.78, 5) is 21.5. The number of nitrogens with zero attached hydrogens (tertiary/aromatic N) is 3. The first kappa shape index (κ1) is 14.3. The van der Waals surface area contributed by atoms with E-state index in [9.17, 15) is 4.79 Å². The molecule has 0 aliphatic carbocycles. The molecule has 0 bridgehead atoms. The van der Waals surface area contributed by atoms with Gasteiger partial charge in [-0.3, -0.25) is 4.79 Å². The van der Waals surface area contributed by atoms with E-state index in [4.69, 9.17) is 5.73 Å². The largest absolute Gasteiger partial charge is 0.396 e. The molecule has 3 heterocycles. The quantitative estimate of drug-likeness (QED) is 0.886. The predicted octanol–water partition coefficient (Wildman–Crippen LogP) is 2.45. The summed E-state index contributed by atoms with van der Waals surface area (Å²) in [6.07, 6.45) is 1.74. The fourth-order valence-electron chi connectivity index (χ4n) is 2.38.